The molecule has 1 unspecified atom stereocenters. The molecule has 0 aromatic carbocycles. The van der Waals surface area contributed by atoms with Gasteiger partial charge in [-0.2, -0.15) is 0 Å². The Hall–Kier alpha value is 1.64. The van der Waals surface area contributed by atoms with E-state index in [1.165, 1.54) is 0 Å². The highest BCUT2D eigenvalue weighted by Gasteiger charge is 2.24. The van der Waals surface area contributed by atoms with Crippen LogP contribution >= 0.6 is 63.4 Å². The van der Waals surface area contributed by atoms with Crippen molar-refractivity contribution < 1.29 is 9.09 Å². The highest BCUT2D eigenvalue weighted by molar-refractivity contribution is 8.05. The van der Waals surface area contributed by atoms with Crippen LogP contribution in [0.15, 0.2) is 0 Å². The van der Waals surface area contributed by atoms with Crippen LogP contribution in [-0.4, -0.2) is 10.4 Å². The molecule has 0 heterocycles. The van der Waals surface area contributed by atoms with Crippen LogP contribution in [0.5, 0.6) is 0 Å². The van der Waals surface area contributed by atoms with Gasteiger partial charge in [-0.3, -0.25) is 9.09 Å². The van der Waals surface area contributed by atoms with E-state index in [1.807, 2.05) is 0 Å². The lowest BCUT2D eigenvalue weighted by Crippen LogP contribution is -2.09. The van der Waals surface area contributed by atoms with Gasteiger partial charge in [-0.25, -0.2) is 0 Å². The zero-order valence-electron chi connectivity index (χ0n) is 4.31. The Labute approximate surface area is 82.7 Å². The van der Waals surface area contributed by atoms with Gasteiger partial charge in [-0.15, -0.1) is 23.2 Å². The summed E-state index contributed by atoms with van der Waals surface area (Å²) in [6, 6.07) is 0. The van der Waals surface area contributed by atoms with E-state index in [-0.39, 0.29) is 0 Å². The molecule has 0 spiro atoms. The summed E-state index contributed by atoms with van der Waals surface area (Å²) in [5.74, 6) is 0. The van der Waals surface area contributed by atoms with E-state index in [0.717, 1.165) is 0 Å². The Kier molecular flexibility index (Phi) is 5.37. The monoisotopic (exact) mass is 264 g/mol. The van der Waals surface area contributed by atoms with Gasteiger partial charge in [-0.1, -0.05) is 11.6 Å². The quantitative estimate of drug-likeness (QED) is 0.571. The van der Waals surface area contributed by atoms with E-state index < -0.39 is 16.5 Å². The molecule has 0 amide bonds. The summed E-state index contributed by atoms with van der Waals surface area (Å²) in [6.45, 7) is 0. The maximum absolute atomic E-state index is 10.4. The first-order valence-corrected chi connectivity index (χ1v) is 6.67. The van der Waals surface area contributed by atoms with Gasteiger partial charge >= 0.3 is 6.07 Å². The summed E-state index contributed by atoms with van der Waals surface area (Å²) in [6.07, 6.45) is -3.63. The Morgan fingerprint density at radius 1 is 1.20 bits per heavy atom. The van der Waals surface area contributed by atoms with Crippen LogP contribution in [0.3, 0.4) is 0 Å². The molecular weight excluding hydrogens is 264 g/mol. The zero-order valence-corrected chi connectivity index (χ0v) is 8.98. The molecule has 62 valence electrons. The summed E-state index contributed by atoms with van der Waals surface area (Å²) >= 11 is 25.6. The van der Waals surface area contributed by atoms with E-state index in [1.54, 1.807) is 0 Å². The Bertz CT molecular complexity index is 143. The zero-order chi connectivity index (χ0) is 8.36. The SMILES string of the molecule is O=P(Cl)(Cl)OC(Cl)C(Cl)Cl. The van der Waals surface area contributed by atoms with Crippen LogP contribution in [0.1, 0.15) is 0 Å². The smallest absolute Gasteiger partial charge is 0.284 e. The summed E-state index contributed by atoms with van der Waals surface area (Å²) in [4.78, 5) is -1.02. The maximum Gasteiger partial charge on any atom is 0.381 e. The van der Waals surface area contributed by atoms with Crippen molar-refractivity contribution in [3.8, 4) is 0 Å². The van der Waals surface area contributed by atoms with Gasteiger partial charge < -0.3 is 0 Å². The number of alkyl halides is 3. The lowest BCUT2D eigenvalue weighted by Gasteiger charge is -2.10. The van der Waals surface area contributed by atoms with Crippen molar-refractivity contribution in [2.24, 2.45) is 0 Å². The fourth-order valence-electron chi connectivity index (χ4n) is 0.163. The molecule has 1 atom stereocenters. The molecule has 0 bridgehead atoms. The van der Waals surface area contributed by atoms with Gasteiger partial charge in [0.1, 0.15) is 4.84 Å². The van der Waals surface area contributed by atoms with Crippen LogP contribution in [0, 0.1) is 0 Å². The van der Waals surface area contributed by atoms with Crippen LogP contribution in [0.4, 0.5) is 0 Å². The topological polar surface area (TPSA) is 26.3 Å². The van der Waals surface area contributed by atoms with Gasteiger partial charge in [-0.05, 0) is 22.5 Å². The highest BCUT2D eigenvalue weighted by atomic mass is 35.9. The van der Waals surface area contributed by atoms with Crippen LogP contribution in [0.25, 0.3) is 0 Å². The minimum absolute atomic E-state index is 1.02. The van der Waals surface area contributed by atoms with E-state index in [9.17, 15) is 4.57 Å². The molecule has 0 aromatic rings. The van der Waals surface area contributed by atoms with Crippen molar-refractivity contribution in [2.75, 3.05) is 0 Å². The molecule has 0 saturated carbocycles. The van der Waals surface area contributed by atoms with Crippen molar-refractivity contribution in [3.63, 3.8) is 0 Å². The van der Waals surface area contributed by atoms with E-state index in [0.29, 0.717) is 0 Å². The molecule has 0 aliphatic carbocycles. The van der Waals surface area contributed by atoms with Crippen LogP contribution < -0.4 is 0 Å². The standard InChI is InChI=1S/C2H2Cl5O2P/c3-1(4)2(5)9-10(6,7)8/h1-2H. The molecular formula is C2H2Cl5O2P. The summed E-state index contributed by atoms with van der Waals surface area (Å²) < 4.78 is 14.7. The van der Waals surface area contributed by atoms with E-state index in [4.69, 9.17) is 57.3 Å². The second kappa shape index (κ2) is 4.61. The largest absolute Gasteiger partial charge is 0.381 e. The Morgan fingerprint density at radius 3 is 1.70 bits per heavy atom. The molecule has 10 heavy (non-hydrogen) atoms. The number of rotatable bonds is 3. The van der Waals surface area contributed by atoms with Crippen molar-refractivity contribution >= 4 is 63.4 Å². The summed E-state index contributed by atoms with van der Waals surface area (Å²) in [7, 11) is 0. The van der Waals surface area contributed by atoms with Crippen LogP contribution in [-0.2, 0) is 9.09 Å². The predicted molar refractivity (Wildman–Crippen MR) is 45.5 cm³/mol. The van der Waals surface area contributed by atoms with Gasteiger partial charge in [0, 0.05) is 0 Å². The van der Waals surface area contributed by atoms with Crippen LogP contribution in [0.2, 0.25) is 0 Å². The third-order valence-electron chi connectivity index (χ3n) is 0.422. The summed E-state index contributed by atoms with van der Waals surface area (Å²) in [5.41, 5.74) is -1.16. The molecule has 0 N–H and O–H groups in total. The average Bonchev–Trinajstić information content (AvgIpc) is 1.60. The normalized spacial score (nSPS) is 15.8. The number of hydrogen-bond acceptors (Lipinski definition) is 2. The molecule has 0 fully saturated rings. The molecule has 0 aliphatic rings. The lowest BCUT2D eigenvalue weighted by atomic mass is 10.8. The molecule has 0 radical (unpaired) electrons. The molecule has 0 aromatic heterocycles. The second-order valence-corrected chi connectivity index (χ2v) is 7.03. The van der Waals surface area contributed by atoms with Gasteiger partial charge in [0.15, 0.2) is 5.56 Å². The van der Waals surface area contributed by atoms with Gasteiger partial charge in [0.2, 0.25) is 0 Å². The first-order valence-electron chi connectivity index (χ1n) is 1.93. The lowest BCUT2D eigenvalue weighted by molar-refractivity contribution is 0.312. The fraction of sp³-hybridized carbons (Fsp3) is 1.00. The van der Waals surface area contributed by atoms with Gasteiger partial charge in [0.05, 0.1) is 0 Å². The predicted octanol–water partition coefficient (Wildman–Crippen LogP) is 3.96. The third kappa shape index (κ3) is 6.36. The molecule has 8 heteroatoms. The maximum atomic E-state index is 10.4. The van der Waals surface area contributed by atoms with E-state index >= 15 is 0 Å². The highest BCUT2D eigenvalue weighted by Crippen LogP contribution is 2.59. The molecule has 0 saturated heterocycles. The molecule has 0 rings (SSSR count). The van der Waals surface area contributed by atoms with Crippen molar-refractivity contribution in [3.05, 3.63) is 0 Å². The summed E-state index contributed by atoms with van der Waals surface area (Å²) in [5, 5.41) is 0. The first-order chi connectivity index (χ1) is 4.33. The Balaban J connectivity index is 3.80. The van der Waals surface area contributed by atoms with Gasteiger partial charge in [0.25, 0.3) is 0 Å². The van der Waals surface area contributed by atoms with Crippen molar-refractivity contribution in [2.45, 2.75) is 10.4 Å². The Morgan fingerprint density at radius 2 is 1.60 bits per heavy atom. The first kappa shape index (κ1) is 11.6. The molecule has 0 aliphatic heterocycles. The van der Waals surface area contributed by atoms with E-state index in [2.05, 4.69) is 4.52 Å². The van der Waals surface area contributed by atoms with Crippen molar-refractivity contribution in [1.82, 2.24) is 0 Å². The van der Waals surface area contributed by atoms with Crippen molar-refractivity contribution in [1.29, 1.82) is 0 Å². The minimum atomic E-state index is -3.63. The molecule has 2 nitrogen and oxygen atoms in total. The number of halogens is 5. The number of hydrogen-bond donors (Lipinski definition) is 0. The minimum Gasteiger partial charge on any atom is -0.284 e. The third-order valence-corrected chi connectivity index (χ3v) is 2.55. The second-order valence-electron chi connectivity index (χ2n) is 1.21. The average molecular weight is 266 g/mol. The fourth-order valence-corrected chi connectivity index (χ4v) is 1.86.